The van der Waals surface area contributed by atoms with Crippen LogP contribution in [0.4, 0.5) is 0 Å². The Kier molecular flexibility index (Phi) is 6.48. The van der Waals surface area contributed by atoms with Crippen molar-refractivity contribution in [2.75, 3.05) is 27.2 Å². The van der Waals surface area contributed by atoms with E-state index in [0.717, 1.165) is 43.5 Å². The number of likely N-dealkylation sites (N-methyl/N-ethyl adjacent to an activating group) is 1. The van der Waals surface area contributed by atoms with Gasteiger partial charge in [0.05, 0.1) is 18.0 Å². The molecule has 0 spiro atoms. The number of aliphatic hydroxyl groups is 1. The van der Waals surface area contributed by atoms with E-state index in [2.05, 4.69) is 15.4 Å². The minimum atomic E-state index is -0.220. The SMILES string of the molecule is CN(C)CCNC(=O)c1cccc(-c2cnc3ccc(OC4CCC(O)CC4)nn23)c1. The van der Waals surface area contributed by atoms with Gasteiger partial charge < -0.3 is 20.1 Å². The Morgan fingerprint density at radius 2 is 2.03 bits per heavy atom. The Labute approximate surface area is 181 Å². The number of carbonyl (C=O) groups excluding carboxylic acids is 1. The molecule has 1 aliphatic rings. The zero-order valence-electron chi connectivity index (χ0n) is 18.0. The van der Waals surface area contributed by atoms with Gasteiger partial charge in [-0.1, -0.05) is 12.1 Å². The lowest BCUT2D eigenvalue weighted by atomic mass is 9.95. The molecule has 0 unspecified atom stereocenters. The molecule has 31 heavy (non-hydrogen) atoms. The lowest BCUT2D eigenvalue weighted by molar-refractivity contribution is 0.0637. The van der Waals surface area contributed by atoms with Crippen LogP contribution in [0.3, 0.4) is 0 Å². The number of aromatic nitrogens is 3. The number of hydrogen-bond donors (Lipinski definition) is 2. The van der Waals surface area contributed by atoms with E-state index in [1.807, 2.05) is 49.3 Å². The topological polar surface area (TPSA) is 92.0 Å². The molecule has 0 atom stereocenters. The van der Waals surface area contributed by atoms with Crippen molar-refractivity contribution in [3.8, 4) is 17.1 Å². The van der Waals surface area contributed by atoms with E-state index in [0.29, 0.717) is 23.6 Å². The molecule has 1 aliphatic carbocycles. The summed E-state index contributed by atoms with van der Waals surface area (Å²) in [6.45, 7) is 1.37. The van der Waals surface area contributed by atoms with Gasteiger partial charge in [-0.05, 0) is 58.0 Å². The molecule has 2 heterocycles. The standard InChI is InChI=1S/C23H29N5O3/c1-27(2)13-12-24-23(30)17-5-3-4-16(14-17)20-15-25-21-10-11-22(26-28(20)21)31-19-8-6-18(29)7-9-19/h3-5,10-11,14-15,18-19,29H,6-9,12-13H2,1-2H3,(H,24,30). The zero-order valence-corrected chi connectivity index (χ0v) is 18.0. The van der Waals surface area contributed by atoms with Crippen LogP contribution in [0.15, 0.2) is 42.6 Å². The molecule has 0 saturated heterocycles. The quantitative estimate of drug-likeness (QED) is 0.606. The molecule has 1 amide bonds. The summed E-state index contributed by atoms with van der Waals surface area (Å²) in [5.74, 6) is 0.430. The van der Waals surface area contributed by atoms with Crippen molar-refractivity contribution in [1.29, 1.82) is 0 Å². The molecule has 8 nitrogen and oxygen atoms in total. The van der Waals surface area contributed by atoms with E-state index < -0.39 is 0 Å². The summed E-state index contributed by atoms with van der Waals surface area (Å²) in [6.07, 6.45) is 4.76. The van der Waals surface area contributed by atoms with Gasteiger partial charge in [-0.2, -0.15) is 0 Å². The molecule has 8 heteroatoms. The van der Waals surface area contributed by atoms with Crippen molar-refractivity contribution in [1.82, 2.24) is 24.8 Å². The van der Waals surface area contributed by atoms with Crippen LogP contribution in [0.1, 0.15) is 36.0 Å². The number of rotatable bonds is 7. The highest BCUT2D eigenvalue weighted by atomic mass is 16.5. The first kappa shape index (κ1) is 21.3. The van der Waals surface area contributed by atoms with Gasteiger partial charge in [-0.15, -0.1) is 5.10 Å². The van der Waals surface area contributed by atoms with Crippen molar-refractivity contribution in [3.05, 3.63) is 48.2 Å². The summed E-state index contributed by atoms with van der Waals surface area (Å²) >= 11 is 0. The minimum Gasteiger partial charge on any atom is -0.473 e. The second-order valence-electron chi connectivity index (χ2n) is 8.27. The highest BCUT2D eigenvalue weighted by Crippen LogP contribution is 2.25. The first-order valence-electron chi connectivity index (χ1n) is 10.7. The van der Waals surface area contributed by atoms with Gasteiger partial charge in [0, 0.05) is 30.3 Å². The van der Waals surface area contributed by atoms with Crippen molar-refractivity contribution in [2.45, 2.75) is 37.9 Å². The Bertz CT molecular complexity index is 1040. The number of ether oxygens (including phenoxy) is 1. The maximum absolute atomic E-state index is 12.5. The fourth-order valence-electron chi connectivity index (χ4n) is 3.76. The lowest BCUT2D eigenvalue weighted by Gasteiger charge is -2.25. The Morgan fingerprint density at radius 1 is 1.23 bits per heavy atom. The predicted octanol–water partition coefficient (Wildman–Crippen LogP) is 2.37. The average molecular weight is 424 g/mol. The molecule has 0 radical (unpaired) electrons. The van der Waals surface area contributed by atoms with Crippen molar-refractivity contribution in [2.24, 2.45) is 0 Å². The number of benzene rings is 1. The van der Waals surface area contributed by atoms with Crippen LogP contribution >= 0.6 is 0 Å². The molecule has 164 valence electrons. The van der Waals surface area contributed by atoms with Crippen molar-refractivity contribution in [3.63, 3.8) is 0 Å². The van der Waals surface area contributed by atoms with Gasteiger partial charge in [0.1, 0.15) is 6.10 Å². The molecule has 1 aromatic carbocycles. The monoisotopic (exact) mass is 423 g/mol. The Hall–Kier alpha value is -2.97. The Morgan fingerprint density at radius 3 is 2.81 bits per heavy atom. The molecule has 1 fully saturated rings. The third-order valence-corrected chi connectivity index (χ3v) is 5.53. The van der Waals surface area contributed by atoms with Crippen LogP contribution in [-0.4, -0.2) is 69.9 Å². The molecule has 1 saturated carbocycles. The second-order valence-corrected chi connectivity index (χ2v) is 8.27. The summed E-state index contributed by atoms with van der Waals surface area (Å²) in [7, 11) is 3.94. The number of carbonyl (C=O) groups is 1. The normalized spacial score (nSPS) is 19.0. The summed E-state index contributed by atoms with van der Waals surface area (Å²) in [6, 6.07) is 11.2. The van der Waals surface area contributed by atoms with Crippen LogP contribution in [0.5, 0.6) is 5.88 Å². The second kappa shape index (κ2) is 9.45. The zero-order chi connectivity index (χ0) is 21.8. The van der Waals surface area contributed by atoms with Crippen LogP contribution in [0.2, 0.25) is 0 Å². The maximum atomic E-state index is 12.5. The summed E-state index contributed by atoms with van der Waals surface area (Å²) in [5, 5.41) is 17.3. The third-order valence-electron chi connectivity index (χ3n) is 5.53. The first-order valence-corrected chi connectivity index (χ1v) is 10.7. The summed E-state index contributed by atoms with van der Waals surface area (Å²) < 4.78 is 7.80. The van der Waals surface area contributed by atoms with Gasteiger partial charge >= 0.3 is 0 Å². The van der Waals surface area contributed by atoms with Gasteiger partial charge in [0.2, 0.25) is 5.88 Å². The number of amides is 1. The largest absolute Gasteiger partial charge is 0.473 e. The van der Waals surface area contributed by atoms with Gasteiger partial charge in [0.15, 0.2) is 5.65 Å². The molecule has 4 rings (SSSR count). The number of fused-ring (bicyclic) bond motifs is 1. The number of nitrogens with zero attached hydrogens (tertiary/aromatic N) is 4. The Balaban J connectivity index is 1.53. The first-order chi connectivity index (χ1) is 15.0. The van der Waals surface area contributed by atoms with Gasteiger partial charge in [0.25, 0.3) is 5.91 Å². The molecular formula is C23H29N5O3. The molecule has 0 aliphatic heterocycles. The average Bonchev–Trinajstić information content (AvgIpc) is 3.18. The molecular weight excluding hydrogens is 394 g/mol. The van der Waals surface area contributed by atoms with Crippen molar-refractivity contribution >= 4 is 11.6 Å². The van der Waals surface area contributed by atoms with Crippen LogP contribution in [0.25, 0.3) is 16.9 Å². The van der Waals surface area contributed by atoms with E-state index in [-0.39, 0.29) is 18.1 Å². The third kappa shape index (κ3) is 5.21. The van der Waals surface area contributed by atoms with Crippen LogP contribution in [0, 0.1) is 0 Å². The van der Waals surface area contributed by atoms with E-state index in [4.69, 9.17) is 4.74 Å². The highest BCUT2D eigenvalue weighted by Gasteiger charge is 2.21. The van der Waals surface area contributed by atoms with E-state index in [1.54, 1.807) is 16.8 Å². The molecule has 2 aromatic heterocycles. The van der Waals surface area contributed by atoms with Gasteiger partial charge in [-0.3, -0.25) is 4.79 Å². The molecule has 0 bridgehead atoms. The molecule has 3 aromatic rings. The number of nitrogens with one attached hydrogen (secondary N) is 1. The van der Waals surface area contributed by atoms with Crippen LogP contribution < -0.4 is 10.1 Å². The van der Waals surface area contributed by atoms with Gasteiger partial charge in [-0.25, -0.2) is 9.50 Å². The summed E-state index contributed by atoms with van der Waals surface area (Å²) in [4.78, 5) is 19.0. The minimum absolute atomic E-state index is 0.0644. The van der Waals surface area contributed by atoms with E-state index in [1.165, 1.54) is 0 Å². The molecule has 2 N–H and O–H groups in total. The van der Waals surface area contributed by atoms with Crippen molar-refractivity contribution < 1.29 is 14.6 Å². The maximum Gasteiger partial charge on any atom is 0.251 e. The number of aliphatic hydroxyl groups excluding tert-OH is 1. The fourth-order valence-corrected chi connectivity index (χ4v) is 3.76. The highest BCUT2D eigenvalue weighted by molar-refractivity contribution is 5.95. The van der Waals surface area contributed by atoms with E-state index in [9.17, 15) is 9.90 Å². The lowest BCUT2D eigenvalue weighted by Crippen LogP contribution is -2.31. The summed E-state index contributed by atoms with van der Waals surface area (Å²) in [5.41, 5.74) is 2.96. The van der Waals surface area contributed by atoms with E-state index >= 15 is 0 Å². The predicted molar refractivity (Wildman–Crippen MR) is 118 cm³/mol. The smallest absolute Gasteiger partial charge is 0.251 e. The number of hydrogen-bond acceptors (Lipinski definition) is 6. The fraction of sp³-hybridized carbons (Fsp3) is 0.435. The van der Waals surface area contributed by atoms with Crippen LogP contribution in [-0.2, 0) is 0 Å². The number of imidazole rings is 1.